The maximum Gasteiger partial charge on any atom is 0.296 e. The smallest absolute Gasteiger partial charge is 0.296 e. The largest absolute Gasteiger partial charge is 0.367 e. The van der Waals surface area contributed by atoms with Crippen LogP contribution in [0.3, 0.4) is 0 Å². The molecule has 0 fully saturated rings. The van der Waals surface area contributed by atoms with E-state index in [9.17, 15) is 25.9 Å². The quantitative estimate of drug-likeness (QED) is 0.116. The molecule has 0 radical (unpaired) electrons. The van der Waals surface area contributed by atoms with Crippen molar-refractivity contribution in [2.75, 3.05) is 11.4 Å². The monoisotopic (exact) mass is 629 g/mol. The summed E-state index contributed by atoms with van der Waals surface area (Å²) in [5.74, 6) is 0. The third kappa shape index (κ3) is 7.21. The van der Waals surface area contributed by atoms with Gasteiger partial charge in [0.15, 0.2) is 0 Å². The Labute approximate surface area is 254 Å². The highest BCUT2D eigenvalue weighted by Crippen LogP contribution is 2.36. The van der Waals surface area contributed by atoms with E-state index in [1.54, 1.807) is 30.3 Å². The van der Waals surface area contributed by atoms with Gasteiger partial charge < -0.3 is 4.90 Å². The van der Waals surface area contributed by atoms with E-state index < -0.39 is 20.2 Å². The fourth-order valence-corrected chi connectivity index (χ4v) is 5.73. The van der Waals surface area contributed by atoms with E-state index in [2.05, 4.69) is 25.4 Å². The Kier molecular flexibility index (Phi) is 8.92. The first-order valence-corrected chi connectivity index (χ1v) is 16.2. The van der Waals surface area contributed by atoms with E-state index in [1.807, 2.05) is 55.5 Å². The fraction of sp³-hybridized carbons (Fsp3) is 0.0968. The summed E-state index contributed by atoms with van der Waals surface area (Å²) in [7, 11) is -8.75. The van der Waals surface area contributed by atoms with Crippen LogP contribution < -0.4 is 4.90 Å². The van der Waals surface area contributed by atoms with Gasteiger partial charge in [-0.3, -0.25) is 9.11 Å². The van der Waals surface area contributed by atoms with Crippen molar-refractivity contribution in [3.63, 3.8) is 0 Å². The van der Waals surface area contributed by atoms with Crippen LogP contribution in [0.4, 0.5) is 28.4 Å². The molecule has 0 aliphatic carbocycles. The van der Waals surface area contributed by atoms with Crippen molar-refractivity contribution in [3.05, 3.63) is 115 Å². The van der Waals surface area contributed by atoms with E-state index >= 15 is 0 Å². The van der Waals surface area contributed by atoms with Gasteiger partial charge in [0.25, 0.3) is 20.2 Å². The molecule has 5 aromatic carbocycles. The minimum atomic E-state index is -4.46. The van der Waals surface area contributed by atoms with Gasteiger partial charge in [-0.2, -0.15) is 21.9 Å². The molecule has 0 heterocycles. The molecule has 0 aliphatic rings. The molecule has 224 valence electrons. The molecule has 0 saturated heterocycles. The highest BCUT2D eigenvalue weighted by Gasteiger charge is 2.15. The molecular formula is C31H27N5O6S2. The molecule has 0 aromatic heterocycles. The van der Waals surface area contributed by atoms with E-state index in [-0.39, 0.29) is 15.5 Å². The Morgan fingerprint density at radius 2 is 1.20 bits per heavy atom. The zero-order valence-corrected chi connectivity index (χ0v) is 25.0. The highest BCUT2D eigenvalue weighted by atomic mass is 32.2. The first-order chi connectivity index (χ1) is 21.0. The number of rotatable bonds is 10. The molecule has 11 nitrogen and oxygen atoms in total. The average molecular weight is 630 g/mol. The fourth-order valence-electron chi connectivity index (χ4n) is 4.56. The second kappa shape index (κ2) is 12.8. The SMILES string of the molecule is CCN(Cc1cccc(S(=O)(=O)O)c1)c1ccc(N=Nc2ccc(N=Nc3ccccc3S(=O)(=O)O)c3ccccc23)cc1. The lowest BCUT2D eigenvalue weighted by Gasteiger charge is -2.23. The Balaban J connectivity index is 1.36. The number of hydrogen-bond donors (Lipinski definition) is 2. The first-order valence-electron chi connectivity index (χ1n) is 13.4. The third-order valence-electron chi connectivity index (χ3n) is 6.73. The number of nitrogens with zero attached hydrogens (tertiary/aromatic N) is 5. The molecule has 5 rings (SSSR count). The normalized spacial score (nSPS) is 12.3. The van der Waals surface area contributed by atoms with Crippen molar-refractivity contribution >= 4 is 59.4 Å². The van der Waals surface area contributed by atoms with Gasteiger partial charge in [0.05, 0.1) is 22.0 Å². The van der Waals surface area contributed by atoms with Gasteiger partial charge in [0, 0.05) is 29.5 Å². The molecule has 0 unspecified atom stereocenters. The standard InChI is InChI=1S/C31H27N5O6S2/c1-2-36(21-22-8-7-9-25(20-22)43(37,38)39)24-16-14-23(15-17-24)32-33-28-18-19-29(27-11-4-3-10-26(27)28)34-35-30-12-5-6-13-31(30)44(40,41)42/h3-20H,2,21H2,1H3,(H,37,38,39)(H,40,41,42). The molecule has 13 heteroatoms. The summed E-state index contributed by atoms with van der Waals surface area (Å²) < 4.78 is 65.3. The van der Waals surface area contributed by atoms with E-state index in [0.29, 0.717) is 30.2 Å². The van der Waals surface area contributed by atoms with E-state index in [1.165, 1.54) is 30.3 Å². The lowest BCUT2D eigenvalue weighted by atomic mass is 10.1. The van der Waals surface area contributed by atoms with Crippen molar-refractivity contribution in [1.29, 1.82) is 0 Å². The van der Waals surface area contributed by atoms with Crippen LogP contribution in [0, 0.1) is 0 Å². The van der Waals surface area contributed by atoms with Gasteiger partial charge in [0.1, 0.15) is 10.6 Å². The molecule has 2 N–H and O–H groups in total. The van der Waals surface area contributed by atoms with Crippen molar-refractivity contribution < 1.29 is 25.9 Å². The van der Waals surface area contributed by atoms with Crippen LogP contribution in [-0.4, -0.2) is 32.5 Å². The third-order valence-corrected chi connectivity index (χ3v) is 8.48. The van der Waals surface area contributed by atoms with Crippen LogP contribution in [0.15, 0.2) is 139 Å². The van der Waals surface area contributed by atoms with E-state index in [4.69, 9.17) is 0 Å². The van der Waals surface area contributed by atoms with Crippen molar-refractivity contribution in [2.45, 2.75) is 23.3 Å². The maximum absolute atomic E-state index is 11.7. The zero-order chi connectivity index (χ0) is 31.3. The van der Waals surface area contributed by atoms with Crippen LogP contribution in [0.25, 0.3) is 10.8 Å². The first kappa shape index (κ1) is 30.6. The van der Waals surface area contributed by atoms with Crippen molar-refractivity contribution in [1.82, 2.24) is 0 Å². The minimum Gasteiger partial charge on any atom is -0.367 e. The summed E-state index contributed by atoms with van der Waals surface area (Å²) in [5, 5.41) is 18.7. The lowest BCUT2D eigenvalue weighted by molar-refractivity contribution is 0.481. The molecule has 0 amide bonds. The summed E-state index contributed by atoms with van der Waals surface area (Å²) in [6, 6.07) is 30.3. The molecule has 5 aromatic rings. The summed E-state index contributed by atoms with van der Waals surface area (Å²) in [5.41, 5.74) is 3.35. The van der Waals surface area contributed by atoms with Crippen LogP contribution in [0.1, 0.15) is 12.5 Å². The Morgan fingerprint density at radius 1 is 0.614 bits per heavy atom. The van der Waals surface area contributed by atoms with Gasteiger partial charge in [-0.1, -0.05) is 48.5 Å². The van der Waals surface area contributed by atoms with Gasteiger partial charge in [-0.05, 0) is 73.2 Å². The van der Waals surface area contributed by atoms with Crippen LogP contribution in [0.5, 0.6) is 0 Å². The predicted octanol–water partition coefficient (Wildman–Crippen LogP) is 8.19. The van der Waals surface area contributed by atoms with Crippen molar-refractivity contribution in [2.24, 2.45) is 20.5 Å². The maximum atomic E-state index is 11.7. The Bertz CT molecular complexity index is 2100. The van der Waals surface area contributed by atoms with Gasteiger partial charge >= 0.3 is 0 Å². The summed E-state index contributed by atoms with van der Waals surface area (Å²) in [6.45, 7) is 3.09. The highest BCUT2D eigenvalue weighted by molar-refractivity contribution is 7.86. The van der Waals surface area contributed by atoms with Gasteiger partial charge in [-0.25, -0.2) is 0 Å². The lowest BCUT2D eigenvalue weighted by Crippen LogP contribution is -2.22. The van der Waals surface area contributed by atoms with Crippen LogP contribution in [-0.2, 0) is 26.8 Å². The van der Waals surface area contributed by atoms with Crippen LogP contribution >= 0.6 is 0 Å². The average Bonchev–Trinajstić information content (AvgIpc) is 3.01. The summed E-state index contributed by atoms with van der Waals surface area (Å²) in [6.07, 6.45) is 0. The number of azo groups is 2. The second-order valence-corrected chi connectivity index (χ2v) is 12.5. The molecular weight excluding hydrogens is 603 g/mol. The predicted molar refractivity (Wildman–Crippen MR) is 168 cm³/mol. The van der Waals surface area contributed by atoms with Crippen LogP contribution in [0.2, 0.25) is 0 Å². The minimum absolute atomic E-state index is 0.0135. The molecule has 0 atom stereocenters. The summed E-state index contributed by atoms with van der Waals surface area (Å²) >= 11 is 0. The molecule has 0 saturated carbocycles. The number of benzene rings is 5. The molecule has 44 heavy (non-hydrogen) atoms. The van der Waals surface area contributed by atoms with Gasteiger partial charge in [0.2, 0.25) is 0 Å². The molecule has 0 spiro atoms. The Hall–Kier alpha value is -4.82. The molecule has 0 aliphatic heterocycles. The topological polar surface area (TPSA) is 161 Å². The van der Waals surface area contributed by atoms with Crippen molar-refractivity contribution in [3.8, 4) is 0 Å². The molecule has 0 bridgehead atoms. The van der Waals surface area contributed by atoms with E-state index in [0.717, 1.165) is 22.0 Å². The Morgan fingerprint density at radius 3 is 1.82 bits per heavy atom. The number of anilines is 1. The van der Waals surface area contributed by atoms with Gasteiger partial charge in [-0.15, -0.1) is 15.3 Å². The number of hydrogen-bond acceptors (Lipinski definition) is 9. The number of fused-ring (bicyclic) bond motifs is 1. The zero-order valence-electron chi connectivity index (χ0n) is 23.4. The summed E-state index contributed by atoms with van der Waals surface area (Å²) in [4.78, 5) is 1.57. The second-order valence-electron chi connectivity index (χ2n) is 9.65.